The van der Waals surface area contributed by atoms with Crippen LogP contribution in [0.5, 0.6) is 0 Å². The molecule has 0 radical (unpaired) electrons. The fraction of sp³-hybridized carbons (Fsp3) is 0.0667. The van der Waals surface area contributed by atoms with Crippen LogP contribution in [0.25, 0.3) is 21.5 Å². The maximum absolute atomic E-state index is 11.6. The number of carbonyl (C=O) groups is 1. The maximum Gasteiger partial charge on any atom is 0.336 e. The van der Waals surface area contributed by atoms with Gasteiger partial charge in [0.15, 0.2) is 0 Å². The second kappa shape index (κ2) is 4.89. The Balaban J connectivity index is 2.47. The van der Waals surface area contributed by atoms with Crippen LogP contribution in [0.15, 0.2) is 35.7 Å². The summed E-state index contributed by atoms with van der Waals surface area (Å²) in [6.07, 6.45) is 0. The van der Waals surface area contributed by atoms with Crippen molar-refractivity contribution in [2.24, 2.45) is 0 Å². The fourth-order valence-electron chi connectivity index (χ4n) is 2.28. The highest BCUT2D eigenvalue weighted by molar-refractivity contribution is 7.13. The molecular weight excluding hydrogens is 294 g/mol. The summed E-state index contributed by atoms with van der Waals surface area (Å²) < 4.78 is 0. The molecule has 0 aliphatic heterocycles. The molecule has 0 saturated carbocycles. The van der Waals surface area contributed by atoms with E-state index < -0.39 is 5.97 Å². The number of nitrogens with zero attached hydrogens (tertiary/aromatic N) is 1. The minimum absolute atomic E-state index is 0.226. The molecule has 0 aliphatic rings. The molecule has 0 spiro atoms. The Morgan fingerprint density at radius 1 is 1.30 bits per heavy atom. The molecule has 3 aromatic rings. The Bertz CT molecular complexity index is 812. The molecule has 3 nitrogen and oxygen atoms in total. The average molecular weight is 304 g/mol. The van der Waals surface area contributed by atoms with Crippen LogP contribution in [0, 0.1) is 6.92 Å². The van der Waals surface area contributed by atoms with Gasteiger partial charge in [0.05, 0.1) is 26.7 Å². The Morgan fingerprint density at radius 3 is 2.75 bits per heavy atom. The molecule has 3 rings (SSSR count). The maximum atomic E-state index is 11.6. The third-order valence-corrected chi connectivity index (χ3v) is 4.36. The molecular formula is C15H10ClNO2S. The molecule has 1 N–H and O–H groups in total. The Hall–Kier alpha value is -1.91. The van der Waals surface area contributed by atoms with E-state index in [9.17, 15) is 9.90 Å². The second-order valence-corrected chi connectivity index (χ2v) is 5.73. The van der Waals surface area contributed by atoms with Gasteiger partial charge >= 0.3 is 5.97 Å². The number of hydrogen-bond donors (Lipinski definition) is 1. The summed E-state index contributed by atoms with van der Waals surface area (Å²) in [4.78, 5) is 17.2. The number of benzene rings is 1. The minimum Gasteiger partial charge on any atom is -0.478 e. The lowest BCUT2D eigenvalue weighted by Crippen LogP contribution is -2.04. The van der Waals surface area contributed by atoms with Crippen LogP contribution in [0.1, 0.15) is 15.9 Å². The number of aromatic carboxylic acids is 1. The Labute approximate surface area is 124 Å². The van der Waals surface area contributed by atoms with Gasteiger partial charge in [-0.15, -0.1) is 11.3 Å². The highest BCUT2D eigenvalue weighted by Gasteiger charge is 2.20. The highest BCUT2D eigenvalue weighted by atomic mass is 35.5. The van der Waals surface area contributed by atoms with Crippen molar-refractivity contribution >= 4 is 39.8 Å². The number of carboxylic acids is 1. The van der Waals surface area contributed by atoms with Crippen molar-refractivity contribution in [3.8, 4) is 10.6 Å². The summed E-state index contributed by atoms with van der Waals surface area (Å²) in [6.45, 7) is 1.77. The summed E-state index contributed by atoms with van der Waals surface area (Å²) in [5, 5.41) is 12.4. The van der Waals surface area contributed by atoms with Crippen LogP contribution >= 0.6 is 22.9 Å². The number of thiophene rings is 1. The predicted molar refractivity (Wildman–Crippen MR) is 81.8 cm³/mol. The normalized spacial score (nSPS) is 10.9. The molecule has 0 bridgehead atoms. The van der Waals surface area contributed by atoms with Crippen molar-refractivity contribution in [2.45, 2.75) is 6.92 Å². The first-order chi connectivity index (χ1) is 9.59. The summed E-state index contributed by atoms with van der Waals surface area (Å²) in [6, 6.07) is 9.09. The summed E-state index contributed by atoms with van der Waals surface area (Å²) in [5.74, 6) is -0.985. The molecule has 100 valence electrons. The molecule has 5 heteroatoms. The quantitative estimate of drug-likeness (QED) is 0.751. The molecule has 0 atom stereocenters. The molecule has 0 unspecified atom stereocenters. The third kappa shape index (κ3) is 1.97. The first-order valence-corrected chi connectivity index (χ1v) is 7.21. The van der Waals surface area contributed by atoms with E-state index in [2.05, 4.69) is 4.98 Å². The largest absolute Gasteiger partial charge is 0.478 e. The zero-order valence-electron chi connectivity index (χ0n) is 10.6. The highest BCUT2D eigenvalue weighted by Crippen LogP contribution is 2.34. The molecule has 0 saturated heterocycles. The van der Waals surface area contributed by atoms with Crippen molar-refractivity contribution in [1.82, 2.24) is 4.98 Å². The van der Waals surface area contributed by atoms with Gasteiger partial charge in [-0.1, -0.05) is 23.7 Å². The smallest absolute Gasteiger partial charge is 0.336 e. The van der Waals surface area contributed by atoms with Gasteiger partial charge in [0.1, 0.15) is 0 Å². The molecule has 1 aromatic carbocycles. The van der Waals surface area contributed by atoms with Gasteiger partial charge in [0, 0.05) is 5.39 Å². The molecule has 2 heterocycles. The van der Waals surface area contributed by atoms with Crippen LogP contribution in [0.2, 0.25) is 5.02 Å². The van der Waals surface area contributed by atoms with E-state index in [-0.39, 0.29) is 5.56 Å². The molecule has 0 amide bonds. The van der Waals surface area contributed by atoms with E-state index in [4.69, 9.17) is 11.6 Å². The van der Waals surface area contributed by atoms with E-state index >= 15 is 0 Å². The number of rotatable bonds is 2. The van der Waals surface area contributed by atoms with Crippen molar-refractivity contribution in [3.05, 3.63) is 51.9 Å². The zero-order chi connectivity index (χ0) is 14.3. The lowest BCUT2D eigenvalue weighted by molar-refractivity contribution is 0.0698. The van der Waals surface area contributed by atoms with Crippen LogP contribution in [0.4, 0.5) is 0 Å². The van der Waals surface area contributed by atoms with Crippen molar-refractivity contribution < 1.29 is 9.90 Å². The van der Waals surface area contributed by atoms with Crippen LogP contribution in [-0.4, -0.2) is 16.1 Å². The van der Waals surface area contributed by atoms with E-state index in [1.807, 2.05) is 17.5 Å². The summed E-state index contributed by atoms with van der Waals surface area (Å²) >= 11 is 7.69. The van der Waals surface area contributed by atoms with Crippen LogP contribution in [-0.2, 0) is 0 Å². The van der Waals surface area contributed by atoms with Crippen molar-refractivity contribution in [1.29, 1.82) is 0 Å². The average Bonchev–Trinajstić information content (AvgIpc) is 2.92. The Kier molecular flexibility index (Phi) is 3.20. The van der Waals surface area contributed by atoms with Gasteiger partial charge in [0.25, 0.3) is 0 Å². The number of halogens is 1. The number of hydrogen-bond acceptors (Lipinski definition) is 3. The molecule has 0 fully saturated rings. The van der Waals surface area contributed by atoms with Gasteiger partial charge in [-0.2, -0.15) is 0 Å². The van der Waals surface area contributed by atoms with Crippen LogP contribution < -0.4 is 0 Å². The van der Waals surface area contributed by atoms with E-state index in [0.717, 1.165) is 4.88 Å². The molecule has 2 aromatic heterocycles. The number of fused-ring (bicyclic) bond motifs is 1. The van der Waals surface area contributed by atoms with E-state index in [1.165, 1.54) is 11.3 Å². The van der Waals surface area contributed by atoms with Gasteiger partial charge in [-0.25, -0.2) is 9.78 Å². The zero-order valence-corrected chi connectivity index (χ0v) is 12.1. The van der Waals surface area contributed by atoms with Gasteiger partial charge < -0.3 is 5.11 Å². The van der Waals surface area contributed by atoms with E-state index in [0.29, 0.717) is 27.2 Å². The minimum atomic E-state index is -0.985. The number of pyridine rings is 1. The lowest BCUT2D eigenvalue weighted by Gasteiger charge is -2.11. The standard InChI is InChI=1S/C15H10ClNO2S/c1-8-12(15(18)19)13-9(16)4-2-5-10(13)17-14(8)11-6-3-7-20-11/h2-7H,1H3,(H,18,19). The second-order valence-electron chi connectivity index (χ2n) is 4.38. The summed E-state index contributed by atoms with van der Waals surface area (Å²) in [5.41, 5.74) is 2.17. The number of carboxylic acid groups (broad SMARTS) is 1. The molecule has 20 heavy (non-hydrogen) atoms. The topological polar surface area (TPSA) is 50.2 Å². The third-order valence-electron chi connectivity index (χ3n) is 3.17. The van der Waals surface area contributed by atoms with Gasteiger partial charge in [-0.05, 0) is 36.1 Å². The molecule has 0 aliphatic carbocycles. The fourth-order valence-corrected chi connectivity index (χ4v) is 3.32. The van der Waals surface area contributed by atoms with E-state index in [1.54, 1.807) is 25.1 Å². The van der Waals surface area contributed by atoms with Crippen molar-refractivity contribution in [2.75, 3.05) is 0 Å². The van der Waals surface area contributed by atoms with Gasteiger partial charge in [0.2, 0.25) is 0 Å². The van der Waals surface area contributed by atoms with Crippen LogP contribution in [0.3, 0.4) is 0 Å². The van der Waals surface area contributed by atoms with Gasteiger partial charge in [-0.3, -0.25) is 0 Å². The predicted octanol–water partition coefficient (Wildman–Crippen LogP) is 4.62. The summed E-state index contributed by atoms with van der Waals surface area (Å²) in [7, 11) is 0. The first kappa shape index (κ1) is 13.1. The SMILES string of the molecule is Cc1c(-c2cccs2)nc2cccc(Cl)c2c1C(=O)O. The van der Waals surface area contributed by atoms with Crippen molar-refractivity contribution in [3.63, 3.8) is 0 Å². The monoisotopic (exact) mass is 303 g/mol. The Morgan fingerprint density at radius 2 is 2.10 bits per heavy atom. The lowest BCUT2D eigenvalue weighted by atomic mass is 10.0. The number of aromatic nitrogens is 1. The first-order valence-electron chi connectivity index (χ1n) is 5.95.